The van der Waals surface area contributed by atoms with Gasteiger partial charge in [0.15, 0.2) is 5.69 Å². The number of nitrogen functional groups attached to an aromatic ring is 1. The first-order chi connectivity index (χ1) is 16.4. The molecule has 0 fully saturated rings. The molecule has 0 aliphatic rings. The third-order valence-corrected chi connectivity index (χ3v) is 5.45. The van der Waals surface area contributed by atoms with Crippen molar-refractivity contribution >= 4 is 23.6 Å². The van der Waals surface area contributed by atoms with Crippen LogP contribution in [0.5, 0.6) is 5.75 Å². The highest BCUT2D eigenvalue weighted by atomic mass is 16.6. The van der Waals surface area contributed by atoms with Gasteiger partial charge in [-0.25, -0.2) is 10.1 Å². The molecule has 13 nitrogen and oxygen atoms in total. The van der Waals surface area contributed by atoms with Crippen LogP contribution < -0.4 is 16.1 Å². The van der Waals surface area contributed by atoms with E-state index in [0.29, 0.717) is 17.8 Å². The molecule has 13 heteroatoms. The van der Waals surface area contributed by atoms with Crippen molar-refractivity contribution in [3.63, 3.8) is 0 Å². The zero-order chi connectivity index (χ0) is 24.7. The molecule has 0 bridgehead atoms. The van der Waals surface area contributed by atoms with Gasteiger partial charge in [0.1, 0.15) is 5.75 Å². The topological polar surface area (TPSA) is 164 Å². The number of benzene rings is 1. The molecular weight excluding hydrogens is 440 g/mol. The molecule has 1 amide bonds. The van der Waals surface area contributed by atoms with E-state index >= 15 is 0 Å². The number of hydrazone groups is 1. The number of rotatable bonds is 11. The molecular formula is C21H30N10O3. The maximum Gasteiger partial charge on any atom is 0.293 e. The standard InChI is InChI=1S/C21H30N10O3/c1-5-29(6-2)13-16-18(24-28-31(16)20-19(22)26-34-27-20)21(33)25-23-12-14-9-10-15(11-17(14)32)30(7-3)8-4/h9-12,32H,5-8,13H2,1-4H3,(H2,22,26)(H,25,33)/b23-12-. The number of hydrogen-bond donors (Lipinski definition) is 3. The van der Waals surface area contributed by atoms with Gasteiger partial charge in [-0.1, -0.05) is 19.1 Å². The predicted molar refractivity (Wildman–Crippen MR) is 127 cm³/mol. The Balaban J connectivity index is 1.81. The first kappa shape index (κ1) is 24.6. The number of aromatic nitrogens is 5. The molecule has 0 saturated heterocycles. The summed E-state index contributed by atoms with van der Waals surface area (Å²) in [5.74, 6) is -0.335. The largest absolute Gasteiger partial charge is 0.507 e. The van der Waals surface area contributed by atoms with E-state index < -0.39 is 5.91 Å². The van der Waals surface area contributed by atoms with Crippen LogP contribution in [0.4, 0.5) is 11.5 Å². The number of anilines is 2. The fourth-order valence-electron chi connectivity index (χ4n) is 3.43. The van der Waals surface area contributed by atoms with Gasteiger partial charge >= 0.3 is 0 Å². The average Bonchev–Trinajstić information content (AvgIpc) is 3.44. The van der Waals surface area contributed by atoms with Crippen molar-refractivity contribution in [2.75, 3.05) is 36.8 Å². The average molecular weight is 471 g/mol. The van der Waals surface area contributed by atoms with Crippen LogP contribution >= 0.6 is 0 Å². The second-order valence-electron chi connectivity index (χ2n) is 7.35. The summed E-state index contributed by atoms with van der Waals surface area (Å²) in [5, 5.41) is 29.7. The van der Waals surface area contributed by atoms with Crippen LogP contribution in [0.15, 0.2) is 27.9 Å². The minimum atomic E-state index is -0.570. The Hall–Kier alpha value is -4.00. The number of nitrogens with one attached hydrogen (secondary N) is 1. The zero-order valence-electron chi connectivity index (χ0n) is 19.8. The van der Waals surface area contributed by atoms with E-state index in [2.05, 4.69) is 45.6 Å². The summed E-state index contributed by atoms with van der Waals surface area (Å²) in [6.45, 7) is 11.6. The first-order valence-corrected chi connectivity index (χ1v) is 11.1. The van der Waals surface area contributed by atoms with Gasteiger partial charge < -0.3 is 15.7 Å². The smallest absolute Gasteiger partial charge is 0.293 e. The van der Waals surface area contributed by atoms with Gasteiger partial charge in [-0.3, -0.25) is 9.69 Å². The van der Waals surface area contributed by atoms with Crippen LogP contribution in [-0.2, 0) is 6.54 Å². The number of carbonyl (C=O) groups excluding carboxylic acids is 1. The Kier molecular flexibility index (Phi) is 8.14. The third kappa shape index (κ3) is 5.31. The Labute approximate surface area is 197 Å². The van der Waals surface area contributed by atoms with Crippen LogP contribution in [0.1, 0.15) is 49.4 Å². The summed E-state index contributed by atoms with van der Waals surface area (Å²) >= 11 is 0. The quantitative estimate of drug-likeness (QED) is 0.275. The second kappa shape index (κ2) is 11.2. The maximum absolute atomic E-state index is 12.9. The van der Waals surface area contributed by atoms with Gasteiger partial charge in [0.05, 0.1) is 11.9 Å². The highest BCUT2D eigenvalue weighted by molar-refractivity contribution is 5.94. The monoisotopic (exact) mass is 470 g/mol. The zero-order valence-corrected chi connectivity index (χ0v) is 19.8. The molecule has 2 aromatic heterocycles. The molecule has 0 aliphatic carbocycles. The first-order valence-electron chi connectivity index (χ1n) is 11.1. The van der Waals surface area contributed by atoms with Crippen molar-refractivity contribution in [1.29, 1.82) is 0 Å². The summed E-state index contributed by atoms with van der Waals surface area (Å²) in [4.78, 5) is 17.1. The molecule has 0 unspecified atom stereocenters. The van der Waals surface area contributed by atoms with Gasteiger partial charge in [0, 0.05) is 37.0 Å². The molecule has 0 aliphatic heterocycles. The van der Waals surface area contributed by atoms with Crippen molar-refractivity contribution < 1.29 is 14.5 Å². The van der Waals surface area contributed by atoms with Crippen LogP contribution in [0.25, 0.3) is 5.82 Å². The molecule has 3 rings (SSSR count). The lowest BCUT2D eigenvalue weighted by Gasteiger charge is -2.21. The molecule has 0 radical (unpaired) electrons. The summed E-state index contributed by atoms with van der Waals surface area (Å²) in [6, 6.07) is 5.29. The second-order valence-corrected chi connectivity index (χ2v) is 7.35. The minimum absolute atomic E-state index is 0.0271. The van der Waals surface area contributed by atoms with E-state index in [1.165, 1.54) is 10.9 Å². The lowest BCUT2D eigenvalue weighted by molar-refractivity contribution is 0.0948. The van der Waals surface area contributed by atoms with Crippen molar-refractivity contribution in [3.8, 4) is 11.6 Å². The number of phenols is 1. The van der Waals surface area contributed by atoms with E-state index in [1.54, 1.807) is 12.1 Å². The van der Waals surface area contributed by atoms with Crippen molar-refractivity contribution in [1.82, 2.24) is 35.6 Å². The number of nitrogens with zero attached hydrogens (tertiary/aromatic N) is 8. The Morgan fingerprint density at radius 2 is 1.94 bits per heavy atom. The lowest BCUT2D eigenvalue weighted by atomic mass is 10.2. The molecule has 182 valence electrons. The van der Waals surface area contributed by atoms with E-state index in [1.807, 2.05) is 33.8 Å². The van der Waals surface area contributed by atoms with E-state index in [0.717, 1.165) is 31.9 Å². The number of carbonyl (C=O) groups is 1. The van der Waals surface area contributed by atoms with Crippen LogP contribution in [-0.4, -0.2) is 73.6 Å². The van der Waals surface area contributed by atoms with Crippen LogP contribution in [0.3, 0.4) is 0 Å². The molecule has 3 aromatic rings. The third-order valence-electron chi connectivity index (χ3n) is 5.45. The Morgan fingerprint density at radius 3 is 2.53 bits per heavy atom. The van der Waals surface area contributed by atoms with Crippen LogP contribution in [0, 0.1) is 0 Å². The van der Waals surface area contributed by atoms with Crippen molar-refractivity contribution in [3.05, 3.63) is 35.2 Å². The molecule has 34 heavy (non-hydrogen) atoms. The SMILES string of the molecule is CCN(CC)Cc1c(C(=O)N/N=C\c2ccc(N(CC)CC)cc2O)nnn1-c1nonc1N. The molecule has 1 aromatic carbocycles. The highest BCUT2D eigenvalue weighted by Gasteiger charge is 2.25. The highest BCUT2D eigenvalue weighted by Crippen LogP contribution is 2.23. The normalized spacial score (nSPS) is 11.4. The van der Waals surface area contributed by atoms with E-state index in [-0.39, 0.29) is 23.1 Å². The number of phenolic OH excluding ortho intramolecular Hbond substituents is 1. The van der Waals surface area contributed by atoms with E-state index in [4.69, 9.17) is 5.73 Å². The maximum atomic E-state index is 12.9. The number of nitrogens with two attached hydrogens (primary N) is 1. The fraction of sp³-hybridized carbons (Fsp3) is 0.429. The summed E-state index contributed by atoms with van der Waals surface area (Å²) in [6.07, 6.45) is 1.37. The Bertz CT molecular complexity index is 1130. The molecule has 2 heterocycles. The molecule has 4 N–H and O–H groups in total. The van der Waals surface area contributed by atoms with Crippen molar-refractivity contribution in [2.24, 2.45) is 5.10 Å². The Morgan fingerprint density at radius 1 is 1.21 bits per heavy atom. The van der Waals surface area contributed by atoms with E-state index in [9.17, 15) is 9.90 Å². The number of aromatic hydroxyl groups is 1. The van der Waals surface area contributed by atoms with Gasteiger partial charge in [0.25, 0.3) is 5.91 Å². The minimum Gasteiger partial charge on any atom is -0.507 e. The summed E-state index contributed by atoms with van der Waals surface area (Å²) in [7, 11) is 0. The van der Waals surface area contributed by atoms with Crippen LogP contribution in [0.2, 0.25) is 0 Å². The van der Waals surface area contributed by atoms with Gasteiger partial charge in [-0.15, -0.1) is 5.10 Å². The number of amides is 1. The molecule has 0 atom stereocenters. The van der Waals surface area contributed by atoms with Gasteiger partial charge in [-0.2, -0.15) is 9.78 Å². The van der Waals surface area contributed by atoms with Gasteiger partial charge in [0.2, 0.25) is 11.6 Å². The summed E-state index contributed by atoms with van der Waals surface area (Å²) < 4.78 is 6.00. The lowest BCUT2D eigenvalue weighted by Crippen LogP contribution is -2.27. The fourth-order valence-corrected chi connectivity index (χ4v) is 3.43. The van der Waals surface area contributed by atoms with Crippen molar-refractivity contribution in [2.45, 2.75) is 34.2 Å². The predicted octanol–water partition coefficient (Wildman–Crippen LogP) is 1.39. The molecule has 0 saturated carbocycles. The van der Waals surface area contributed by atoms with Gasteiger partial charge in [-0.05, 0) is 49.4 Å². The number of hydrogen-bond acceptors (Lipinski definition) is 11. The molecule has 0 spiro atoms. The summed E-state index contributed by atoms with van der Waals surface area (Å²) in [5.41, 5.74) is 10.1.